The minimum absolute atomic E-state index is 0.187. The molecule has 1 heterocycles. The van der Waals surface area contributed by atoms with Crippen molar-refractivity contribution < 1.29 is 4.79 Å². The van der Waals surface area contributed by atoms with E-state index in [4.69, 9.17) is 5.73 Å². The molecule has 0 fully saturated rings. The number of amides is 1. The lowest BCUT2D eigenvalue weighted by Crippen LogP contribution is -2.26. The molecule has 0 saturated heterocycles. The van der Waals surface area contributed by atoms with Gasteiger partial charge in [-0.15, -0.1) is 0 Å². The topological polar surface area (TPSA) is 90.0 Å². The zero-order valence-electron chi connectivity index (χ0n) is 17.0. The number of hydrogen-bond donors (Lipinski definition) is 2. The minimum atomic E-state index is -0.293. The number of nitrogens with one attached hydrogen (secondary N) is 1. The van der Waals surface area contributed by atoms with Gasteiger partial charge in [-0.05, 0) is 42.8 Å². The van der Waals surface area contributed by atoms with Crippen LogP contribution in [-0.4, -0.2) is 15.7 Å². The van der Waals surface area contributed by atoms with E-state index >= 15 is 0 Å². The van der Waals surface area contributed by atoms with E-state index in [9.17, 15) is 9.59 Å². The summed E-state index contributed by atoms with van der Waals surface area (Å²) in [6.45, 7) is 1.91. The number of carbonyl (C=O) groups excluding carboxylic acids is 1. The molecule has 1 atom stereocenters. The first-order valence-electron chi connectivity index (χ1n) is 9.94. The summed E-state index contributed by atoms with van der Waals surface area (Å²) in [5, 5.41) is 7.36. The molecule has 0 spiro atoms. The van der Waals surface area contributed by atoms with Crippen molar-refractivity contribution in [3.8, 4) is 11.3 Å². The molecule has 6 heteroatoms. The lowest BCUT2D eigenvalue weighted by Gasteiger charge is -2.16. The Labute approximate surface area is 180 Å². The number of benzene rings is 3. The fraction of sp³-hybridized carbons (Fsp3) is 0.0800. The summed E-state index contributed by atoms with van der Waals surface area (Å²) in [5.74, 6) is -0.251. The second kappa shape index (κ2) is 8.67. The third-order valence-corrected chi connectivity index (χ3v) is 5.13. The highest BCUT2D eigenvalue weighted by atomic mass is 16.1. The molecule has 1 aromatic heterocycles. The zero-order chi connectivity index (χ0) is 21.8. The van der Waals surface area contributed by atoms with Crippen molar-refractivity contribution in [2.45, 2.75) is 13.0 Å². The summed E-state index contributed by atoms with van der Waals surface area (Å²) >= 11 is 0. The summed E-state index contributed by atoms with van der Waals surface area (Å²) in [4.78, 5) is 25.0. The number of aromatic nitrogens is 2. The monoisotopic (exact) mass is 410 g/mol. The van der Waals surface area contributed by atoms with E-state index < -0.39 is 0 Å². The molecule has 1 amide bonds. The van der Waals surface area contributed by atoms with Crippen LogP contribution < -0.4 is 16.6 Å². The maximum absolute atomic E-state index is 12.5. The third-order valence-electron chi connectivity index (χ3n) is 5.13. The number of carbonyl (C=O) groups is 1. The predicted octanol–water partition coefficient (Wildman–Crippen LogP) is 4.35. The van der Waals surface area contributed by atoms with E-state index in [0.29, 0.717) is 16.9 Å². The highest BCUT2D eigenvalue weighted by Crippen LogP contribution is 2.21. The maximum atomic E-state index is 12.5. The Kier molecular flexibility index (Phi) is 5.62. The molecule has 0 aliphatic heterocycles. The first kappa shape index (κ1) is 20.1. The van der Waals surface area contributed by atoms with Crippen LogP contribution in [0.15, 0.2) is 95.8 Å². The predicted molar refractivity (Wildman–Crippen MR) is 123 cm³/mol. The number of hydrogen-bond acceptors (Lipinski definition) is 4. The van der Waals surface area contributed by atoms with Crippen LogP contribution in [0.5, 0.6) is 0 Å². The van der Waals surface area contributed by atoms with Gasteiger partial charge in [-0.25, -0.2) is 4.68 Å². The summed E-state index contributed by atoms with van der Waals surface area (Å²) < 4.78 is 1.46. The van der Waals surface area contributed by atoms with E-state index in [1.54, 1.807) is 30.3 Å². The van der Waals surface area contributed by atoms with Crippen LogP contribution in [0, 0.1) is 0 Å². The van der Waals surface area contributed by atoms with Gasteiger partial charge in [0.25, 0.3) is 11.5 Å². The average Bonchev–Trinajstić information content (AvgIpc) is 2.81. The number of nitrogens with two attached hydrogens (primary N) is 1. The Morgan fingerprint density at radius 2 is 1.58 bits per heavy atom. The summed E-state index contributed by atoms with van der Waals surface area (Å²) in [7, 11) is 0. The van der Waals surface area contributed by atoms with E-state index in [1.807, 2.05) is 61.5 Å². The molecule has 31 heavy (non-hydrogen) atoms. The molecule has 6 nitrogen and oxygen atoms in total. The smallest absolute Gasteiger partial charge is 0.267 e. The molecule has 154 valence electrons. The van der Waals surface area contributed by atoms with Gasteiger partial charge in [0.15, 0.2) is 0 Å². The van der Waals surface area contributed by atoms with Gasteiger partial charge in [0.2, 0.25) is 0 Å². The fourth-order valence-electron chi connectivity index (χ4n) is 3.33. The number of para-hydroxylation sites is 2. The largest absolute Gasteiger partial charge is 0.397 e. The van der Waals surface area contributed by atoms with Gasteiger partial charge in [-0.2, -0.15) is 5.10 Å². The van der Waals surface area contributed by atoms with E-state index in [0.717, 1.165) is 16.8 Å². The van der Waals surface area contributed by atoms with Gasteiger partial charge in [-0.1, -0.05) is 54.6 Å². The minimum Gasteiger partial charge on any atom is -0.397 e. The summed E-state index contributed by atoms with van der Waals surface area (Å²) in [5.41, 5.74) is 9.81. The van der Waals surface area contributed by atoms with Crippen LogP contribution in [0.4, 0.5) is 11.4 Å². The summed E-state index contributed by atoms with van der Waals surface area (Å²) in [6.07, 6.45) is 0. The molecule has 0 bridgehead atoms. The van der Waals surface area contributed by atoms with Crippen molar-refractivity contribution in [1.82, 2.24) is 9.78 Å². The number of nitrogens with zero attached hydrogens (tertiary/aromatic N) is 2. The van der Waals surface area contributed by atoms with Gasteiger partial charge < -0.3 is 11.1 Å². The average molecular weight is 410 g/mol. The molecular weight excluding hydrogens is 388 g/mol. The van der Waals surface area contributed by atoms with Gasteiger partial charge in [0.05, 0.1) is 23.1 Å². The Bertz CT molecular complexity index is 1260. The molecule has 0 aliphatic rings. The molecule has 3 N–H and O–H groups in total. The Hall–Kier alpha value is -4.19. The summed E-state index contributed by atoms with van der Waals surface area (Å²) in [6, 6.07) is 26.9. The fourth-order valence-corrected chi connectivity index (χ4v) is 3.33. The van der Waals surface area contributed by atoms with E-state index in [2.05, 4.69) is 10.4 Å². The van der Waals surface area contributed by atoms with Crippen molar-refractivity contribution in [3.63, 3.8) is 0 Å². The first-order valence-corrected chi connectivity index (χ1v) is 9.94. The number of anilines is 2. The molecule has 0 saturated carbocycles. The van der Waals surface area contributed by atoms with Gasteiger partial charge in [0, 0.05) is 17.2 Å². The van der Waals surface area contributed by atoms with Crippen molar-refractivity contribution in [2.24, 2.45) is 0 Å². The van der Waals surface area contributed by atoms with Gasteiger partial charge >= 0.3 is 0 Å². The normalized spacial score (nSPS) is 11.6. The first-order chi connectivity index (χ1) is 15.0. The number of nitrogen functional groups attached to an aromatic ring is 1. The zero-order valence-corrected chi connectivity index (χ0v) is 17.0. The molecule has 0 aliphatic carbocycles. The number of rotatable bonds is 5. The third kappa shape index (κ3) is 4.38. The van der Waals surface area contributed by atoms with Crippen molar-refractivity contribution in [2.75, 3.05) is 11.1 Å². The second-order valence-corrected chi connectivity index (χ2v) is 7.21. The second-order valence-electron chi connectivity index (χ2n) is 7.21. The lowest BCUT2D eigenvalue weighted by molar-refractivity contribution is 0.102. The standard InChI is InChI=1S/C25H22N4O2/c1-17(29-24(30)16-15-22(28-29)19-7-3-2-4-8-19)18-11-13-20(14-12-18)25(31)27-23-10-6-5-9-21(23)26/h2-17H,26H2,1H3,(H,27,31)/t17-/m0/s1. The Morgan fingerprint density at radius 3 is 2.29 bits per heavy atom. The van der Waals surface area contributed by atoms with Crippen LogP contribution in [0.3, 0.4) is 0 Å². The quantitative estimate of drug-likeness (QED) is 0.479. The van der Waals surface area contributed by atoms with Gasteiger partial charge in [-0.3, -0.25) is 9.59 Å². The van der Waals surface area contributed by atoms with Crippen LogP contribution in [0.2, 0.25) is 0 Å². The van der Waals surface area contributed by atoms with Crippen LogP contribution in [0.1, 0.15) is 28.9 Å². The molecule has 4 aromatic rings. The van der Waals surface area contributed by atoms with E-state index in [1.165, 1.54) is 10.7 Å². The Balaban J connectivity index is 1.56. The van der Waals surface area contributed by atoms with Crippen LogP contribution >= 0.6 is 0 Å². The van der Waals surface area contributed by atoms with Gasteiger partial charge in [0.1, 0.15) is 0 Å². The van der Waals surface area contributed by atoms with Crippen molar-refractivity contribution >= 4 is 17.3 Å². The highest BCUT2D eigenvalue weighted by molar-refractivity contribution is 6.05. The molecule has 0 radical (unpaired) electrons. The highest BCUT2D eigenvalue weighted by Gasteiger charge is 2.14. The molecule has 0 unspecified atom stereocenters. The molecular formula is C25H22N4O2. The van der Waals surface area contributed by atoms with Crippen LogP contribution in [-0.2, 0) is 0 Å². The molecule has 3 aromatic carbocycles. The maximum Gasteiger partial charge on any atom is 0.267 e. The van der Waals surface area contributed by atoms with Crippen molar-refractivity contribution in [1.29, 1.82) is 0 Å². The SMILES string of the molecule is C[C@@H](c1ccc(C(=O)Nc2ccccc2N)cc1)n1nc(-c2ccccc2)ccc1=O. The Morgan fingerprint density at radius 1 is 0.903 bits per heavy atom. The van der Waals surface area contributed by atoms with Crippen molar-refractivity contribution in [3.05, 3.63) is 112 Å². The molecule has 4 rings (SSSR count). The van der Waals surface area contributed by atoms with Crippen LogP contribution in [0.25, 0.3) is 11.3 Å². The van der Waals surface area contributed by atoms with E-state index in [-0.39, 0.29) is 17.5 Å². The lowest BCUT2D eigenvalue weighted by atomic mass is 10.1.